The number of ether oxygens (including phenoxy) is 1. The van der Waals surface area contributed by atoms with Gasteiger partial charge in [0.15, 0.2) is 0 Å². The van der Waals surface area contributed by atoms with Gasteiger partial charge in [0.1, 0.15) is 11.8 Å². The highest BCUT2D eigenvalue weighted by molar-refractivity contribution is 5.45. The van der Waals surface area contributed by atoms with E-state index in [-0.39, 0.29) is 0 Å². The molecule has 0 aliphatic rings. The Morgan fingerprint density at radius 2 is 2.00 bits per heavy atom. The Kier molecular flexibility index (Phi) is 6.38. The van der Waals surface area contributed by atoms with Gasteiger partial charge in [-0.05, 0) is 30.5 Å². The van der Waals surface area contributed by atoms with Gasteiger partial charge < -0.3 is 10.1 Å². The summed E-state index contributed by atoms with van der Waals surface area (Å²) >= 11 is 0. The fourth-order valence-electron chi connectivity index (χ4n) is 2.39. The minimum atomic E-state index is 0.489. The van der Waals surface area contributed by atoms with Crippen LogP contribution in [0.25, 0.3) is 0 Å². The van der Waals surface area contributed by atoms with E-state index in [0.717, 1.165) is 12.1 Å². The molecule has 0 saturated heterocycles. The second kappa shape index (κ2) is 7.81. The van der Waals surface area contributed by atoms with Crippen molar-refractivity contribution in [3.63, 3.8) is 0 Å². The molecule has 3 heteroatoms. The van der Waals surface area contributed by atoms with Crippen LogP contribution in [-0.2, 0) is 6.54 Å². The molecule has 0 radical (unpaired) electrons. The molecule has 1 aromatic rings. The lowest BCUT2D eigenvalue weighted by Crippen LogP contribution is -2.32. The summed E-state index contributed by atoms with van der Waals surface area (Å²) in [5.41, 5.74) is 1.71. The van der Waals surface area contributed by atoms with Gasteiger partial charge in [0.05, 0.1) is 12.7 Å². The number of rotatable bonds is 7. The Labute approximate surface area is 116 Å². The van der Waals surface area contributed by atoms with Gasteiger partial charge in [0.25, 0.3) is 0 Å². The van der Waals surface area contributed by atoms with Crippen molar-refractivity contribution in [2.45, 2.75) is 46.2 Å². The van der Waals surface area contributed by atoms with Crippen LogP contribution in [0.15, 0.2) is 18.2 Å². The van der Waals surface area contributed by atoms with E-state index < -0.39 is 0 Å². The number of hydrogen-bond acceptors (Lipinski definition) is 3. The van der Waals surface area contributed by atoms with Gasteiger partial charge >= 0.3 is 0 Å². The van der Waals surface area contributed by atoms with E-state index in [1.54, 1.807) is 7.11 Å². The first-order valence-electron chi connectivity index (χ1n) is 6.96. The smallest absolute Gasteiger partial charge is 0.136 e. The zero-order valence-corrected chi connectivity index (χ0v) is 12.4. The molecule has 0 fully saturated rings. The third-order valence-corrected chi connectivity index (χ3v) is 3.77. The lowest BCUT2D eigenvalue weighted by Gasteiger charge is -2.22. The third-order valence-electron chi connectivity index (χ3n) is 3.77. The third kappa shape index (κ3) is 4.25. The molecule has 0 amide bonds. The summed E-state index contributed by atoms with van der Waals surface area (Å²) < 4.78 is 5.15. The molecule has 1 unspecified atom stereocenters. The zero-order chi connectivity index (χ0) is 14.3. The van der Waals surface area contributed by atoms with E-state index in [9.17, 15) is 0 Å². The highest BCUT2D eigenvalue weighted by Gasteiger charge is 2.12. The fraction of sp³-hybridized carbons (Fsp3) is 0.562. The number of nitrogens with one attached hydrogen (secondary N) is 1. The van der Waals surface area contributed by atoms with Crippen LogP contribution in [0.1, 0.15) is 44.7 Å². The topological polar surface area (TPSA) is 45.0 Å². The molecule has 1 rings (SSSR count). The van der Waals surface area contributed by atoms with Gasteiger partial charge in [-0.3, -0.25) is 0 Å². The quantitative estimate of drug-likeness (QED) is 0.816. The van der Waals surface area contributed by atoms with E-state index in [4.69, 9.17) is 10.00 Å². The first-order valence-corrected chi connectivity index (χ1v) is 6.96. The Hall–Kier alpha value is -1.53. The van der Waals surface area contributed by atoms with Crippen molar-refractivity contribution in [2.24, 2.45) is 5.92 Å². The molecular formula is C16H24N2O. The molecule has 1 N–H and O–H groups in total. The Morgan fingerprint density at radius 3 is 2.53 bits per heavy atom. The van der Waals surface area contributed by atoms with E-state index in [1.165, 1.54) is 12.8 Å². The molecule has 1 aromatic carbocycles. The van der Waals surface area contributed by atoms with E-state index in [0.29, 0.717) is 23.3 Å². The minimum absolute atomic E-state index is 0.489. The van der Waals surface area contributed by atoms with Gasteiger partial charge in [0, 0.05) is 12.6 Å². The van der Waals surface area contributed by atoms with Crippen LogP contribution < -0.4 is 10.1 Å². The standard InChI is InChI=1S/C16H24N2O/c1-5-14(6-2)12(3)18-11-13-7-8-16(19-4)15(9-13)10-17/h7-9,12,14,18H,5-6,11H2,1-4H3. The van der Waals surface area contributed by atoms with Crippen molar-refractivity contribution in [1.29, 1.82) is 5.26 Å². The second-order valence-electron chi connectivity index (χ2n) is 4.89. The van der Waals surface area contributed by atoms with Crippen LogP contribution in [-0.4, -0.2) is 13.2 Å². The SMILES string of the molecule is CCC(CC)C(C)NCc1ccc(OC)c(C#N)c1. The highest BCUT2D eigenvalue weighted by Crippen LogP contribution is 2.19. The van der Waals surface area contributed by atoms with E-state index in [2.05, 4.69) is 32.2 Å². The number of methoxy groups -OCH3 is 1. The van der Waals surface area contributed by atoms with E-state index in [1.807, 2.05) is 18.2 Å². The summed E-state index contributed by atoms with van der Waals surface area (Å²) in [4.78, 5) is 0. The molecule has 3 nitrogen and oxygen atoms in total. The maximum Gasteiger partial charge on any atom is 0.136 e. The summed E-state index contributed by atoms with van der Waals surface area (Å²) in [5.74, 6) is 1.34. The van der Waals surface area contributed by atoms with Crippen LogP contribution in [0.5, 0.6) is 5.75 Å². The van der Waals surface area contributed by atoms with Gasteiger partial charge in [-0.25, -0.2) is 0 Å². The predicted molar refractivity (Wildman–Crippen MR) is 78.1 cm³/mol. The van der Waals surface area contributed by atoms with Crippen LogP contribution in [0.4, 0.5) is 0 Å². The molecule has 1 atom stereocenters. The lowest BCUT2D eigenvalue weighted by molar-refractivity contribution is 0.353. The monoisotopic (exact) mass is 260 g/mol. The van der Waals surface area contributed by atoms with Crippen LogP contribution in [0, 0.1) is 17.2 Å². The maximum atomic E-state index is 9.07. The predicted octanol–water partition coefficient (Wildman–Crippen LogP) is 3.48. The van der Waals surface area contributed by atoms with Gasteiger partial charge in [-0.15, -0.1) is 0 Å². The Balaban J connectivity index is 2.66. The first kappa shape index (κ1) is 15.5. The van der Waals surface area contributed by atoms with Crippen LogP contribution in [0.2, 0.25) is 0 Å². The number of hydrogen-bond donors (Lipinski definition) is 1. The number of benzene rings is 1. The molecule has 0 heterocycles. The molecule has 0 aromatic heterocycles. The van der Waals surface area contributed by atoms with Gasteiger partial charge in [-0.2, -0.15) is 5.26 Å². The highest BCUT2D eigenvalue weighted by atomic mass is 16.5. The second-order valence-corrected chi connectivity index (χ2v) is 4.89. The Morgan fingerprint density at radius 1 is 1.32 bits per heavy atom. The summed E-state index contributed by atoms with van der Waals surface area (Å²) in [6.07, 6.45) is 2.38. The van der Waals surface area contributed by atoms with Crippen LogP contribution >= 0.6 is 0 Å². The molecule has 0 aliphatic heterocycles. The van der Waals surface area contributed by atoms with Crippen molar-refractivity contribution in [3.8, 4) is 11.8 Å². The first-order chi connectivity index (χ1) is 9.15. The van der Waals surface area contributed by atoms with Crippen molar-refractivity contribution < 1.29 is 4.74 Å². The van der Waals surface area contributed by atoms with Crippen molar-refractivity contribution in [2.75, 3.05) is 7.11 Å². The molecule has 0 bridgehead atoms. The molecule has 104 valence electrons. The van der Waals surface area contributed by atoms with Gasteiger partial charge in [0.2, 0.25) is 0 Å². The fourth-order valence-corrected chi connectivity index (χ4v) is 2.39. The molecule has 19 heavy (non-hydrogen) atoms. The summed E-state index contributed by atoms with van der Waals surface area (Å²) in [5, 5.41) is 12.6. The van der Waals surface area contributed by atoms with Gasteiger partial charge in [-0.1, -0.05) is 32.8 Å². The number of nitriles is 1. The largest absolute Gasteiger partial charge is 0.495 e. The van der Waals surface area contributed by atoms with Crippen LogP contribution in [0.3, 0.4) is 0 Å². The average Bonchev–Trinajstić information content (AvgIpc) is 2.45. The minimum Gasteiger partial charge on any atom is -0.495 e. The summed E-state index contributed by atoms with van der Waals surface area (Å²) in [6, 6.07) is 8.41. The lowest BCUT2D eigenvalue weighted by atomic mass is 9.95. The average molecular weight is 260 g/mol. The number of nitrogens with zero attached hydrogens (tertiary/aromatic N) is 1. The van der Waals surface area contributed by atoms with Crippen molar-refractivity contribution >= 4 is 0 Å². The molecular weight excluding hydrogens is 236 g/mol. The zero-order valence-electron chi connectivity index (χ0n) is 12.4. The molecule has 0 aliphatic carbocycles. The molecule has 0 spiro atoms. The van der Waals surface area contributed by atoms with E-state index >= 15 is 0 Å². The van der Waals surface area contributed by atoms with Crippen molar-refractivity contribution in [3.05, 3.63) is 29.3 Å². The summed E-state index contributed by atoms with van der Waals surface area (Å²) in [6.45, 7) is 7.48. The summed E-state index contributed by atoms with van der Waals surface area (Å²) in [7, 11) is 1.59. The Bertz CT molecular complexity index is 433. The van der Waals surface area contributed by atoms with Crippen molar-refractivity contribution in [1.82, 2.24) is 5.32 Å². The molecule has 0 saturated carbocycles. The normalized spacial score (nSPS) is 12.2. The maximum absolute atomic E-state index is 9.07.